The molecule has 0 aliphatic heterocycles. The van der Waals surface area contributed by atoms with Gasteiger partial charge in [0.05, 0.1) is 23.7 Å². The number of halogens is 1. The minimum Gasteiger partial charge on any atom is -0.450 e. The Kier molecular flexibility index (Phi) is 6.38. The maximum atomic E-state index is 13.5. The van der Waals surface area contributed by atoms with Gasteiger partial charge in [-0.3, -0.25) is 4.98 Å². The van der Waals surface area contributed by atoms with Crippen molar-refractivity contribution in [2.75, 3.05) is 6.61 Å². The van der Waals surface area contributed by atoms with E-state index < -0.39 is 0 Å². The summed E-state index contributed by atoms with van der Waals surface area (Å²) in [7, 11) is 0. The van der Waals surface area contributed by atoms with E-state index in [1.165, 1.54) is 12.1 Å². The summed E-state index contributed by atoms with van der Waals surface area (Å²) in [6.45, 7) is 2.18. The van der Waals surface area contributed by atoms with Crippen LogP contribution in [-0.4, -0.2) is 39.1 Å². The summed E-state index contributed by atoms with van der Waals surface area (Å²) in [5, 5.41) is 14.7. The van der Waals surface area contributed by atoms with E-state index in [9.17, 15) is 9.18 Å². The Morgan fingerprint density at radius 2 is 2.15 bits per heavy atom. The number of alkyl carbamates (subject to hydrolysis) is 1. The molecule has 2 aromatic heterocycles. The van der Waals surface area contributed by atoms with E-state index in [0.717, 1.165) is 53.9 Å². The van der Waals surface area contributed by atoms with Crippen molar-refractivity contribution in [3.05, 3.63) is 71.6 Å². The number of ether oxygens (including phenoxy) is 1. The van der Waals surface area contributed by atoms with Crippen LogP contribution in [0.4, 0.5) is 9.18 Å². The lowest BCUT2D eigenvalue weighted by molar-refractivity contribution is 0.128. The zero-order valence-electron chi connectivity index (χ0n) is 19.1. The highest BCUT2D eigenvalue weighted by atomic mass is 19.1. The van der Waals surface area contributed by atoms with E-state index in [2.05, 4.69) is 31.8 Å². The van der Waals surface area contributed by atoms with Gasteiger partial charge >= 0.3 is 6.09 Å². The molecule has 2 heterocycles. The number of H-pyrrole nitrogens is 1. The largest absolute Gasteiger partial charge is 0.450 e. The van der Waals surface area contributed by atoms with E-state index in [0.29, 0.717) is 18.4 Å². The summed E-state index contributed by atoms with van der Waals surface area (Å²) in [5.74, 6) is 0.724. The molecular weight excluding hydrogens is 433 g/mol. The molecule has 1 saturated carbocycles. The third kappa shape index (κ3) is 4.71. The molecule has 1 amide bonds. The first-order chi connectivity index (χ1) is 16.6. The molecule has 3 aromatic rings. The third-order valence-corrected chi connectivity index (χ3v) is 6.94. The topological polar surface area (TPSA) is 92.8 Å². The van der Waals surface area contributed by atoms with Crippen molar-refractivity contribution in [3.63, 3.8) is 0 Å². The number of hydrogen-bond donors (Lipinski definition) is 2. The van der Waals surface area contributed by atoms with Crippen LogP contribution < -0.4 is 5.32 Å². The number of pyridine rings is 1. The normalized spacial score (nSPS) is 23.8. The first kappa shape index (κ1) is 22.3. The van der Waals surface area contributed by atoms with Gasteiger partial charge in [-0.05, 0) is 74.3 Å². The van der Waals surface area contributed by atoms with Crippen molar-refractivity contribution in [1.29, 1.82) is 0 Å². The fourth-order valence-electron chi connectivity index (χ4n) is 5.37. The number of fused-ring (bicyclic) bond motifs is 2. The number of hydrogen-bond acceptors (Lipinski definition) is 5. The van der Waals surface area contributed by atoms with Gasteiger partial charge in [0.15, 0.2) is 0 Å². The SMILES string of the molecule is CCOC(=O)N[C@H]1CC[C@@H]2[C@H](Cc3n[nH]nc3[C@H]2/C=C/c2ccc(-c3cccc(F)c3)cn2)C1. The van der Waals surface area contributed by atoms with Crippen LogP contribution in [0.25, 0.3) is 17.2 Å². The summed E-state index contributed by atoms with van der Waals surface area (Å²) < 4.78 is 18.6. The molecule has 0 unspecified atom stereocenters. The van der Waals surface area contributed by atoms with E-state index in [-0.39, 0.29) is 23.9 Å². The number of nitrogens with zero attached hydrogens (tertiary/aromatic N) is 3. The average molecular weight is 462 g/mol. The molecule has 2 N–H and O–H groups in total. The van der Waals surface area contributed by atoms with Crippen LogP contribution in [0.15, 0.2) is 48.7 Å². The van der Waals surface area contributed by atoms with Crippen LogP contribution >= 0.6 is 0 Å². The Morgan fingerprint density at radius 3 is 2.94 bits per heavy atom. The third-order valence-electron chi connectivity index (χ3n) is 6.94. The van der Waals surface area contributed by atoms with Crippen LogP contribution in [0.1, 0.15) is 49.2 Å². The van der Waals surface area contributed by atoms with Gasteiger partial charge in [-0.15, -0.1) is 0 Å². The van der Waals surface area contributed by atoms with E-state index in [4.69, 9.17) is 4.74 Å². The number of amides is 1. The van der Waals surface area contributed by atoms with Crippen LogP contribution in [-0.2, 0) is 11.2 Å². The molecule has 5 rings (SSSR count). The highest BCUT2D eigenvalue weighted by molar-refractivity contribution is 5.67. The molecular formula is C26H28FN5O2. The number of aromatic amines is 1. The average Bonchev–Trinajstić information content (AvgIpc) is 3.30. The Balaban J connectivity index is 1.32. The molecule has 1 fully saturated rings. The smallest absolute Gasteiger partial charge is 0.407 e. The number of carbonyl (C=O) groups is 1. The quantitative estimate of drug-likeness (QED) is 0.564. The molecule has 0 saturated heterocycles. The number of rotatable bonds is 5. The maximum absolute atomic E-state index is 13.5. The molecule has 7 nitrogen and oxygen atoms in total. The van der Waals surface area contributed by atoms with Crippen molar-refractivity contribution in [2.24, 2.45) is 11.8 Å². The number of nitrogens with one attached hydrogen (secondary N) is 2. The van der Waals surface area contributed by atoms with Crippen molar-refractivity contribution < 1.29 is 13.9 Å². The first-order valence-electron chi connectivity index (χ1n) is 11.8. The molecule has 2 aliphatic carbocycles. The van der Waals surface area contributed by atoms with Crippen molar-refractivity contribution in [3.8, 4) is 11.1 Å². The number of carbonyl (C=O) groups excluding carboxylic acids is 1. The summed E-state index contributed by atoms with van der Waals surface area (Å²) in [6.07, 6.45) is 9.32. The van der Waals surface area contributed by atoms with Gasteiger partial charge in [-0.25, -0.2) is 9.18 Å². The Hall–Kier alpha value is -3.55. The fraction of sp³-hybridized carbons (Fsp3) is 0.385. The van der Waals surface area contributed by atoms with Crippen LogP contribution in [0.5, 0.6) is 0 Å². The molecule has 8 heteroatoms. The highest BCUT2D eigenvalue weighted by Gasteiger charge is 2.41. The molecule has 34 heavy (non-hydrogen) atoms. The summed E-state index contributed by atoms with van der Waals surface area (Å²) >= 11 is 0. The van der Waals surface area contributed by atoms with Crippen LogP contribution in [0.3, 0.4) is 0 Å². The Morgan fingerprint density at radius 1 is 1.24 bits per heavy atom. The standard InChI is InChI=1S/C26H28FN5O2/c1-2-34-26(33)29-21-9-10-22-18(13-21)14-24-25(31-32-30-24)23(22)11-8-20-7-6-17(15-28-20)16-4-3-5-19(27)12-16/h3-8,11-12,15,18,21-23H,2,9-10,13-14H2,1H3,(H,29,33)(H,30,31,32)/b11-8+/t18-,21-,22+,23-/m0/s1. The van der Waals surface area contributed by atoms with Gasteiger partial charge < -0.3 is 10.1 Å². The van der Waals surface area contributed by atoms with Crippen LogP contribution in [0, 0.1) is 17.7 Å². The minimum atomic E-state index is -0.340. The van der Waals surface area contributed by atoms with Gasteiger partial charge in [-0.1, -0.05) is 24.3 Å². The van der Waals surface area contributed by atoms with Crippen molar-refractivity contribution in [2.45, 2.75) is 44.6 Å². The fourth-order valence-corrected chi connectivity index (χ4v) is 5.37. The molecule has 176 valence electrons. The second kappa shape index (κ2) is 9.75. The molecule has 0 spiro atoms. The monoisotopic (exact) mass is 461 g/mol. The van der Waals surface area contributed by atoms with Crippen molar-refractivity contribution in [1.82, 2.24) is 25.7 Å². The second-order valence-electron chi connectivity index (χ2n) is 9.03. The van der Waals surface area contributed by atoms with Gasteiger partial charge in [-0.2, -0.15) is 15.4 Å². The lowest BCUT2D eigenvalue weighted by Gasteiger charge is -2.41. The predicted octanol–water partition coefficient (Wildman–Crippen LogP) is 4.89. The minimum absolute atomic E-state index is 0.121. The van der Waals surface area contributed by atoms with E-state index >= 15 is 0 Å². The number of benzene rings is 1. The molecule has 0 bridgehead atoms. The molecule has 1 aromatic carbocycles. The number of aromatic nitrogens is 4. The molecule has 4 atom stereocenters. The zero-order chi connectivity index (χ0) is 23.5. The van der Waals surface area contributed by atoms with Crippen LogP contribution in [0.2, 0.25) is 0 Å². The van der Waals surface area contributed by atoms with Gasteiger partial charge in [0.25, 0.3) is 0 Å². The lowest BCUT2D eigenvalue weighted by Crippen LogP contribution is -2.44. The van der Waals surface area contributed by atoms with Gasteiger partial charge in [0.1, 0.15) is 5.82 Å². The summed E-state index contributed by atoms with van der Waals surface area (Å²) in [6, 6.07) is 10.5. The van der Waals surface area contributed by atoms with E-state index in [1.807, 2.05) is 31.2 Å². The van der Waals surface area contributed by atoms with Gasteiger partial charge in [0, 0.05) is 23.7 Å². The summed E-state index contributed by atoms with van der Waals surface area (Å²) in [4.78, 5) is 16.5. The Bertz CT molecular complexity index is 1180. The molecule has 2 aliphatic rings. The summed E-state index contributed by atoms with van der Waals surface area (Å²) in [5.41, 5.74) is 4.52. The van der Waals surface area contributed by atoms with Gasteiger partial charge in [0.2, 0.25) is 0 Å². The van der Waals surface area contributed by atoms with Crippen molar-refractivity contribution >= 4 is 12.2 Å². The highest BCUT2D eigenvalue weighted by Crippen LogP contribution is 2.46. The maximum Gasteiger partial charge on any atom is 0.407 e. The van der Waals surface area contributed by atoms with E-state index in [1.54, 1.807) is 12.3 Å². The molecule has 0 radical (unpaired) electrons. The Labute approximate surface area is 197 Å². The lowest BCUT2D eigenvalue weighted by atomic mass is 9.64. The second-order valence-corrected chi connectivity index (χ2v) is 9.03. The number of allylic oxidation sites excluding steroid dienone is 1. The predicted molar refractivity (Wildman–Crippen MR) is 126 cm³/mol. The first-order valence-corrected chi connectivity index (χ1v) is 11.8. The zero-order valence-corrected chi connectivity index (χ0v) is 19.1.